The van der Waals surface area contributed by atoms with Gasteiger partial charge in [-0.15, -0.1) is 0 Å². The van der Waals surface area contributed by atoms with Crippen LogP contribution >= 0.6 is 0 Å². The molecule has 2 unspecified atom stereocenters. The Morgan fingerprint density at radius 1 is 1.25 bits per heavy atom. The zero-order valence-electron chi connectivity index (χ0n) is 13.6. The molecule has 0 saturated heterocycles. The normalized spacial score (nSPS) is 18.5. The van der Waals surface area contributed by atoms with Crippen LogP contribution in [0.2, 0.25) is 0 Å². The second-order valence-electron chi connectivity index (χ2n) is 6.37. The molecule has 2 atom stereocenters. The number of fused-ring (bicyclic) bond motifs is 1. The van der Waals surface area contributed by atoms with E-state index in [0.717, 1.165) is 11.1 Å². The number of amides is 2. The Kier molecular flexibility index (Phi) is 4.53. The van der Waals surface area contributed by atoms with Crippen molar-refractivity contribution >= 4 is 6.03 Å². The lowest BCUT2D eigenvalue weighted by atomic mass is 9.96. The van der Waals surface area contributed by atoms with Crippen molar-refractivity contribution in [2.75, 3.05) is 6.54 Å². The van der Waals surface area contributed by atoms with Crippen molar-refractivity contribution in [1.29, 1.82) is 0 Å². The molecule has 0 fully saturated rings. The molecule has 126 valence electrons. The summed E-state index contributed by atoms with van der Waals surface area (Å²) in [5.41, 5.74) is 1.09. The third-order valence-electron chi connectivity index (χ3n) is 4.51. The lowest BCUT2D eigenvalue weighted by molar-refractivity contribution is 0.0592. The Morgan fingerprint density at radius 3 is 2.75 bits per heavy atom. The molecule has 3 N–H and O–H groups in total. The van der Waals surface area contributed by atoms with E-state index in [0.29, 0.717) is 18.4 Å². The highest BCUT2D eigenvalue weighted by molar-refractivity contribution is 5.74. The Hall–Kier alpha value is -2.40. The first kappa shape index (κ1) is 16.5. The Morgan fingerprint density at radius 2 is 2.00 bits per heavy atom. The van der Waals surface area contributed by atoms with Gasteiger partial charge in [0.1, 0.15) is 11.4 Å². The smallest absolute Gasteiger partial charge is 0.315 e. The van der Waals surface area contributed by atoms with E-state index in [-0.39, 0.29) is 24.4 Å². The molecule has 4 nitrogen and oxygen atoms in total. The molecular weight excluding hydrogens is 307 g/mol. The molecule has 2 amide bonds. The molecular formula is C19H21FN2O2. The lowest BCUT2D eigenvalue weighted by Crippen LogP contribution is -2.44. The first-order valence-corrected chi connectivity index (χ1v) is 8.07. The molecule has 0 bridgehead atoms. The molecule has 2 aromatic carbocycles. The van der Waals surface area contributed by atoms with Gasteiger partial charge < -0.3 is 15.7 Å². The molecule has 0 spiro atoms. The first-order chi connectivity index (χ1) is 11.5. The third kappa shape index (κ3) is 3.41. The summed E-state index contributed by atoms with van der Waals surface area (Å²) >= 11 is 0. The van der Waals surface area contributed by atoms with Crippen molar-refractivity contribution in [3.8, 4) is 0 Å². The van der Waals surface area contributed by atoms with E-state index >= 15 is 0 Å². The summed E-state index contributed by atoms with van der Waals surface area (Å²) in [6.07, 6.45) is 1.30. The minimum Gasteiger partial charge on any atom is -0.384 e. The van der Waals surface area contributed by atoms with E-state index in [1.165, 1.54) is 6.07 Å². The second-order valence-corrected chi connectivity index (χ2v) is 6.37. The maximum atomic E-state index is 13.7. The molecule has 0 heterocycles. The van der Waals surface area contributed by atoms with Gasteiger partial charge in [-0.25, -0.2) is 9.18 Å². The molecule has 24 heavy (non-hydrogen) atoms. The van der Waals surface area contributed by atoms with E-state index in [1.807, 2.05) is 36.4 Å². The third-order valence-corrected chi connectivity index (χ3v) is 4.51. The lowest BCUT2D eigenvalue weighted by Gasteiger charge is -2.25. The quantitative estimate of drug-likeness (QED) is 0.808. The molecule has 0 radical (unpaired) electrons. The highest BCUT2D eigenvalue weighted by Gasteiger charge is 2.27. The van der Waals surface area contributed by atoms with Gasteiger partial charge in [-0.1, -0.05) is 42.5 Å². The molecule has 1 aliphatic rings. The number of hydrogen-bond donors (Lipinski definition) is 3. The van der Waals surface area contributed by atoms with E-state index in [1.54, 1.807) is 13.0 Å². The number of aliphatic hydroxyl groups is 1. The predicted octanol–water partition coefficient (Wildman–Crippen LogP) is 3.02. The average Bonchev–Trinajstić information content (AvgIpc) is 2.98. The van der Waals surface area contributed by atoms with E-state index in [2.05, 4.69) is 10.6 Å². The van der Waals surface area contributed by atoms with Gasteiger partial charge in [-0.3, -0.25) is 0 Å². The number of halogens is 1. The van der Waals surface area contributed by atoms with Crippen LogP contribution in [0.25, 0.3) is 0 Å². The molecule has 2 aromatic rings. The summed E-state index contributed by atoms with van der Waals surface area (Å²) in [5, 5.41) is 16.1. The van der Waals surface area contributed by atoms with E-state index in [4.69, 9.17) is 0 Å². The van der Waals surface area contributed by atoms with Gasteiger partial charge in [-0.05, 0) is 42.5 Å². The van der Waals surface area contributed by atoms with Crippen LogP contribution in [-0.2, 0) is 12.0 Å². The van der Waals surface area contributed by atoms with Crippen molar-refractivity contribution in [2.45, 2.75) is 31.4 Å². The van der Waals surface area contributed by atoms with Gasteiger partial charge in [0.05, 0.1) is 12.6 Å². The fourth-order valence-electron chi connectivity index (χ4n) is 3.12. The SMILES string of the molecule is CC(O)(CNC(=O)NC1CCc2c(F)cccc21)c1ccccc1. The van der Waals surface area contributed by atoms with Crippen LogP contribution in [-0.4, -0.2) is 17.7 Å². The number of rotatable bonds is 4. The molecule has 1 aliphatic carbocycles. The van der Waals surface area contributed by atoms with Crippen LogP contribution in [0.3, 0.4) is 0 Å². The van der Waals surface area contributed by atoms with Gasteiger partial charge in [0.15, 0.2) is 0 Å². The number of hydrogen-bond acceptors (Lipinski definition) is 2. The highest BCUT2D eigenvalue weighted by Crippen LogP contribution is 2.32. The van der Waals surface area contributed by atoms with E-state index in [9.17, 15) is 14.3 Å². The van der Waals surface area contributed by atoms with Gasteiger partial charge >= 0.3 is 6.03 Å². The molecule has 0 saturated carbocycles. The number of nitrogens with one attached hydrogen (secondary N) is 2. The largest absolute Gasteiger partial charge is 0.384 e. The standard InChI is InChI=1S/C19H21FN2O2/c1-19(24,13-6-3-2-4-7-13)12-21-18(23)22-17-11-10-14-15(17)8-5-9-16(14)20/h2-9,17,24H,10-12H2,1H3,(H2,21,22,23). The summed E-state index contributed by atoms with van der Waals surface area (Å²) in [4.78, 5) is 12.1. The van der Waals surface area contributed by atoms with Gasteiger partial charge in [-0.2, -0.15) is 0 Å². The van der Waals surface area contributed by atoms with Gasteiger partial charge in [0.2, 0.25) is 0 Å². The topological polar surface area (TPSA) is 61.4 Å². The summed E-state index contributed by atoms with van der Waals surface area (Å²) in [6, 6.07) is 13.6. The fourth-order valence-corrected chi connectivity index (χ4v) is 3.12. The maximum absolute atomic E-state index is 13.7. The van der Waals surface area contributed by atoms with Crippen molar-refractivity contribution in [1.82, 2.24) is 10.6 Å². The maximum Gasteiger partial charge on any atom is 0.315 e. The monoisotopic (exact) mass is 328 g/mol. The summed E-state index contributed by atoms with van der Waals surface area (Å²) in [7, 11) is 0. The fraction of sp³-hybridized carbons (Fsp3) is 0.316. The van der Waals surface area contributed by atoms with Crippen LogP contribution in [0.5, 0.6) is 0 Å². The minimum absolute atomic E-state index is 0.0889. The van der Waals surface area contributed by atoms with Crippen LogP contribution in [0.4, 0.5) is 9.18 Å². The van der Waals surface area contributed by atoms with Crippen LogP contribution in [0.1, 0.15) is 36.1 Å². The Balaban J connectivity index is 1.59. The van der Waals surface area contributed by atoms with Crippen LogP contribution in [0.15, 0.2) is 48.5 Å². The first-order valence-electron chi connectivity index (χ1n) is 8.07. The molecule has 3 rings (SSSR count). The van der Waals surface area contributed by atoms with Crippen molar-refractivity contribution < 1.29 is 14.3 Å². The van der Waals surface area contributed by atoms with Gasteiger partial charge in [0, 0.05) is 0 Å². The second kappa shape index (κ2) is 6.61. The zero-order valence-corrected chi connectivity index (χ0v) is 13.6. The van der Waals surface area contributed by atoms with Crippen molar-refractivity contribution in [3.05, 3.63) is 71.0 Å². The summed E-state index contributed by atoms with van der Waals surface area (Å²) in [6.45, 7) is 1.74. The average molecular weight is 328 g/mol. The van der Waals surface area contributed by atoms with Crippen molar-refractivity contribution in [2.24, 2.45) is 0 Å². The van der Waals surface area contributed by atoms with Gasteiger partial charge in [0.25, 0.3) is 0 Å². The van der Waals surface area contributed by atoms with Crippen LogP contribution < -0.4 is 10.6 Å². The van der Waals surface area contributed by atoms with E-state index < -0.39 is 5.60 Å². The predicted molar refractivity (Wildman–Crippen MR) is 90.0 cm³/mol. The number of carbonyl (C=O) groups excluding carboxylic acids is 1. The molecule has 5 heteroatoms. The van der Waals surface area contributed by atoms with Crippen LogP contribution in [0, 0.1) is 5.82 Å². The molecule has 0 aliphatic heterocycles. The number of urea groups is 1. The highest BCUT2D eigenvalue weighted by atomic mass is 19.1. The zero-order chi connectivity index (χ0) is 17.2. The van der Waals surface area contributed by atoms with Crippen molar-refractivity contribution in [3.63, 3.8) is 0 Å². The molecule has 0 aromatic heterocycles. The minimum atomic E-state index is -1.15. The number of carbonyl (C=O) groups is 1. The summed E-state index contributed by atoms with van der Waals surface area (Å²) in [5.74, 6) is -0.218. The Bertz CT molecular complexity index is 731. The summed E-state index contributed by atoms with van der Waals surface area (Å²) < 4.78 is 13.7. The number of benzene rings is 2. The Labute approximate surface area is 140 Å².